The smallest absolute Gasteiger partial charge is 0.267 e. The molecule has 1 aliphatic rings. The molecule has 0 saturated carbocycles. The number of thioether (sulfide) groups is 1. The van der Waals surface area contributed by atoms with Crippen LogP contribution in [-0.4, -0.2) is 22.2 Å². The quantitative estimate of drug-likeness (QED) is 0.354. The molecule has 7 heteroatoms. The van der Waals surface area contributed by atoms with Crippen LogP contribution in [0.1, 0.15) is 16.2 Å². The Morgan fingerprint density at radius 3 is 2.70 bits per heavy atom. The summed E-state index contributed by atoms with van der Waals surface area (Å²) in [5.41, 5.74) is 0.947. The molecule has 0 radical (unpaired) electrons. The first-order valence-electron chi connectivity index (χ1n) is 8.23. The van der Waals surface area contributed by atoms with E-state index in [1.807, 2.05) is 60.0 Å². The van der Waals surface area contributed by atoms with E-state index in [1.165, 1.54) is 11.8 Å². The maximum absolute atomic E-state index is 12.9. The number of carbonyl (C=O) groups is 1. The average Bonchev–Trinajstić information content (AvgIpc) is 3.43. The Morgan fingerprint density at radius 1 is 1.07 bits per heavy atom. The second kappa shape index (κ2) is 8.20. The lowest BCUT2D eigenvalue weighted by Gasteiger charge is -2.12. The Kier molecular flexibility index (Phi) is 5.32. The molecule has 0 bridgehead atoms. The SMILES string of the molecule is O=C1/C(=C/c2cccs2)S/C(=N/N=C\c2ccccc2)N1Cc1ccco1. The average molecular weight is 393 g/mol. The first kappa shape index (κ1) is 17.5. The molecule has 0 unspecified atom stereocenters. The van der Waals surface area contributed by atoms with Crippen molar-refractivity contribution in [1.29, 1.82) is 0 Å². The maximum atomic E-state index is 12.9. The minimum atomic E-state index is -0.0986. The van der Waals surface area contributed by atoms with Crippen molar-refractivity contribution < 1.29 is 9.21 Å². The van der Waals surface area contributed by atoms with E-state index in [0.717, 1.165) is 10.4 Å². The van der Waals surface area contributed by atoms with Crippen molar-refractivity contribution in [1.82, 2.24) is 4.90 Å². The fraction of sp³-hybridized carbons (Fsp3) is 0.0500. The van der Waals surface area contributed by atoms with E-state index < -0.39 is 0 Å². The van der Waals surface area contributed by atoms with Gasteiger partial charge in [-0.2, -0.15) is 5.10 Å². The Morgan fingerprint density at radius 2 is 1.96 bits per heavy atom. The normalized spacial score (nSPS) is 17.6. The van der Waals surface area contributed by atoms with Crippen LogP contribution in [0.25, 0.3) is 6.08 Å². The molecule has 134 valence electrons. The Bertz CT molecular complexity index is 991. The van der Waals surface area contributed by atoms with E-state index in [1.54, 1.807) is 34.8 Å². The zero-order chi connectivity index (χ0) is 18.5. The van der Waals surface area contributed by atoms with Gasteiger partial charge >= 0.3 is 0 Å². The standard InChI is InChI=1S/C20H15N3O2S2/c24-19-18(12-17-9-5-11-26-17)27-20(23(19)14-16-8-4-10-25-16)22-21-13-15-6-2-1-3-7-15/h1-13H,14H2/b18-12-,21-13-,22-20+. The first-order chi connectivity index (χ1) is 13.3. The molecular weight excluding hydrogens is 378 g/mol. The summed E-state index contributed by atoms with van der Waals surface area (Å²) in [5.74, 6) is 0.597. The molecule has 4 rings (SSSR count). The second-order valence-corrected chi connectivity index (χ2v) is 7.62. The van der Waals surface area contributed by atoms with Crippen molar-refractivity contribution in [3.05, 3.63) is 87.3 Å². The lowest BCUT2D eigenvalue weighted by atomic mass is 10.2. The van der Waals surface area contributed by atoms with E-state index in [4.69, 9.17) is 4.42 Å². The van der Waals surface area contributed by atoms with Crippen LogP contribution in [0.4, 0.5) is 0 Å². The fourth-order valence-corrected chi connectivity index (χ4v) is 4.12. The van der Waals surface area contributed by atoms with Crippen molar-refractivity contribution in [3.63, 3.8) is 0 Å². The monoisotopic (exact) mass is 393 g/mol. The summed E-state index contributed by atoms with van der Waals surface area (Å²) in [6.45, 7) is 0.320. The Hall–Kier alpha value is -2.90. The molecule has 1 saturated heterocycles. The van der Waals surface area contributed by atoms with Crippen LogP contribution in [0.2, 0.25) is 0 Å². The van der Waals surface area contributed by atoms with Crippen LogP contribution in [0.5, 0.6) is 0 Å². The highest BCUT2D eigenvalue weighted by atomic mass is 32.2. The van der Waals surface area contributed by atoms with Crippen molar-refractivity contribution >= 4 is 46.5 Å². The third kappa shape index (κ3) is 4.27. The van der Waals surface area contributed by atoms with Gasteiger partial charge in [0, 0.05) is 4.88 Å². The third-order valence-corrected chi connectivity index (χ3v) is 5.56. The Labute approximate surface area is 164 Å². The van der Waals surface area contributed by atoms with Gasteiger partial charge in [-0.1, -0.05) is 36.4 Å². The topological polar surface area (TPSA) is 58.2 Å². The van der Waals surface area contributed by atoms with E-state index in [0.29, 0.717) is 22.4 Å². The number of nitrogens with zero attached hydrogens (tertiary/aromatic N) is 3. The molecule has 1 amide bonds. The molecule has 2 aromatic heterocycles. The van der Waals surface area contributed by atoms with Crippen LogP contribution in [0.15, 0.2) is 85.8 Å². The molecule has 0 N–H and O–H groups in total. The number of benzene rings is 1. The van der Waals surface area contributed by atoms with E-state index in [-0.39, 0.29) is 5.91 Å². The van der Waals surface area contributed by atoms with Crippen LogP contribution in [-0.2, 0) is 11.3 Å². The van der Waals surface area contributed by atoms with Crippen molar-refractivity contribution in [2.24, 2.45) is 10.2 Å². The molecule has 0 aliphatic carbocycles. The fourth-order valence-electron chi connectivity index (χ4n) is 2.47. The van der Waals surface area contributed by atoms with Gasteiger partial charge in [0.25, 0.3) is 5.91 Å². The second-order valence-electron chi connectivity index (χ2n) is 5.63. The zero-order valence-electron chi connectivity index (χ0n) is 14.2. The summed E-state index contributed by atoms with van der Waals surface area (Å²) in [4.78, 5) is 16.1. The third-order valence-electron chi connectivity index (χ3n) is 3.75. The number of hydrogen-bond acceptors (Lipinski definition) is 6. The number of rotatable bonds is 5. The number of thiophene rings is 1. The molecule has 3 heterocycles. The molecule has 0 spiro atoms. The van der Waals surface area contributed by atoms with Crippen LogP contribution in [0, 0.1) is 0 Å². The van der Waals surface area contributed by atoms with Gasteiger partial charge in [0.1, 0.15) is 5.76 Å². The summed E-state index contributed by atoms with van der Waals surface area (Å²) >= 11 is 2.91. The predicted octanol–water partition coefficient (Wildman–Crippen LogP) is 4.85. The molecule has 3 aromatic rings. The summed E-state index contributed by atoms with van der Waals surface area (Å²) < 4.78 is 5.39. The zero-order valence-corrected chi connectivity index (χ0v) is 15.8. The van der Waals surface area contributed by atoms with Crippen molar-refractivity contribution in [2.75, 3.05) is 0 Å². The molecule has 1 aromatic carbocycles. The molecule has 0 atom stereocenters. The lowest BCUT2D eigenvalue weighted by molar-refractivity contribution is -0.122. The van der Waals surface area contributed by atoms with Gasteiger partial charge in [-0.3, -0.25) is 9.69 Å². The number of hydrogen-bond donors (Lipinski definition) is 0. The number of furan rings is 1. The summed E-state index contributed by atoms with van der Waals surface area (Å²) in [6.07, 6.45) is 5.15. The molecular formula is C20H15N3O2S2. The highest BCUT2D eigenvalue weighted by Crippen LogP contribution is 2.34. The largest absolute Gasteiger partial charge is 0.467 e. The lowest BCUT2D eigenvalue weighted by Crippen LogP contribution is -2.28. The van der Waals surface area contributed by atoms with E-state index >= 15 is 0 Å². The molecule has 1 fully saturated rings. The maximum Gasteiger partial charge on any atom is 0.267 e. The highest BCUT2D eigenvalue weighted by molar-refractivity contribution is 8.18. The van der Waals surface area contributed by atoms with E-state index in [2.05, 4.69) is 10.2 Å². The summed E-state index contributed by atoms with van der Waals surface area (Å²) in [5, 5.41) is 11.0. The molecule has 27 heavy (non-hydrogen) atoms. The van der Waals surface area contributed by atoms with Crippen LogP contribution in [0.3, 0.4) is 0 Å². The van der Waals surface area contributed by atoms with Gasteiger partial charge in [-0.05, 0) is 47.0 Å². The first-order valence-corrected chi connectivity index (χ1v) is 9.92. The van der Waals surface area contributed by atoms with Gasteiger partial charge in [-0.15, -0.1) is 16.4 Å². The highest BCUT2D eigenvalue weighted by Gasteiger charge is 2.34. The van der Waals surface area contributed by atoms with Crippen molar-refractivity contribution in [3.8, 4) is 0 Å². The number of carbonyl (C=O) groups excluding carboxylic acids is 1. The predicted molar refractivity (Wildman–Crippen MR) is 111 cm³/mol. The number of amides is 1. The minimum Gasteiger partial charge on any atom is -0.467 e. The van der Waals surface area contributed by atoms with Gasteiger partial charge in [-0.25, -0.2) is 0 Å². The van der Waals surface area contributed by atoms with Gasteiger partial charge in [0.05, 0.1) is 23.9 Å². The summed E-state index contributed by atoms with van der Waals surface area (Å²) in [7, 11) is 0. The van der Waals surface area contributed by atoms with Crippen LogP contribution < -0.4 is 0 Å². The minimum absolute atomic E-state index is 0.0986. The van der Waals surface area contributed by atoms with Gasteiger partial charge < -0.3 is 4.42 Å². The van der Waals surface area contributed by atoms with Gasteiger partial charge in [0.2, 0.25) is 0 Å². The van der Waals surface area contributed by atoms with Crippen LogP contribution >= 0.6 is 23.1 Å². The Balaban J connectivity index is 1.61. The number of amidine groups is 1. The molecule has 1 aliphatic heterocycles. The summed E-state index contributed by atoms with van der Waals surface area (Å²) in [6, 6.07) is 17.3. The van der Waals surface area contributed by atoms with Crippen molar-refractivity contribution in [2.45, 2.75) is 6.54 Å². The molecule has 5 nitrogen and oxygen atoms in total. The van der Waals surface area contributed by atoms with E-state index in [9.17, 15) is 4.79 Å². The van der Waals surface area contributed by atoms with Gasteiger partial charge in [0.15, 0.2) is 5.17 Å².